The molecule has 1 aromatic carbocycles. The van der Waals surface area contributed by atoms with Crippen LogP contribution < -0.4 is 5.56 Å². The second kappa shape index (κ2) is 6.36. The topological polar surface area (TPSA) is 73.4 Å². The smallest absolute Gasteiger partial charge is 0.391 e. The molecule has 25 heavy (non-hydrogen) atoms. The van der Waals surface area contributed by atoms with Gasteiger partial charge in [-0.3, -0.25) is 9.59 Å². The van der Waals surface area contributed by atoms with Gasteiger partial charge < -0.3 is 15.0 Å². The van der Waals surface area contributed by atoms with Crippen LogP contribution in [0.25, 0.3) is 0 Å². The van der Waals surface area contributed by atoms with Gasteiger partial charge in [0.2, 0.25) is 5.56 Å². The molecular formula is C17H15F3N2O3. The standard InChI is InChI=1S/C17H15F3N2O3/c18-17(19,20)11-4-1-3-10(7-11)14-8-12(23)9-22(14)16(25)13-5-2-6-15(24)21-13/h1-7,12,14,23H,8-9H2,(H,21,24)/t12-,14+/m0/s1. The number of rotatable bonds is 2. The van der Waals surface area contributed by atoms with E-state index in [-0.39, 0.29) is 24.2 Å². The number of pyridine rings is 1. The van der Waals surface area contributed by atoms with E-state index in [1.807, 2.05) is 0 Å². The van der Waals surface area contributed by atoms with Crippen molar-refractivity contribution in [3.05, 3.63) is 69.6 Å². The fraction of sp³-hybridized carbons (Fsp3) is 0.294. The van der Waals surface area contributed by atoms with Crippen LogP contribution in [0.4, 0.5) is 13.2 Å². The van der Waals surface area contributed by atoms with Crippen molar-refractivity contribution in [2.24, 2.45) is 0 Å². The summed E-state index contributed by atoms with van der Waals surface area (Å²) in [5.41, 5.74) is -0.954. The minimum atomic E-state index is -4.49. The Morgan fingerprint density at radius 3 is 2.60 bits per heavy atom. The minimum Gasteiger partial charge on any atom is -0.391 e. The van der Waals surface area contributed by atoms with Gasteiger partial charge in [-0.15, -0.1) is 0 Å². The quantitative estimate of drug-likeness (QED) is 0.871. The highest BCUT2D eigenvalue weighted by atomic mass is 19.4. The molecule has 5 nitrogen and oxygen atoms in total. The number of hydrogen-bond donors (Lipinski definition) is 2. The van der Waals surface area contributed by atoms with Gasteiger partial charge in [0.1, 0.15) is 5.69 Å². The number of aliphatic hydroxyl groups is 1. The number of aromatic amines is 1. The van der Waals surface area contributed by atoms with Crippen molar-refractivity contribution in [3.8, 4) is 0 Å². The van der Waals surface area contributed by atoms with E-state index < -0.39 is 35.4 Å². The van der Waals surface area contributed by atoms with E-state index in [0.717, 1.165) is 12.1 Å². The molecule has 0 saturated carbocycles. The van der Waals surface area contributed by atoms with Crippen LogP contribution in [0.1, 0.15) is 34.1 Å². The van der Waals surface area contributed by atoms with E-state index in [0.29, 0.717) is 0 Å². The maximum Gasteiger partial charge on any atom is 0.416 e. The minimum absolute atomic E-state index is 0.0172. The first-order valence-electron chi connectivity index (χ1n) is 7.61. The predicted molar refractivity (Wildman–Crippen MR) is 82.9 cm³/mol. The number of nitrogens with zero attached hydrogens (tertiary/aromatic N) is 1. The van der Waals surface area contributed by atoms with E-state index in [4.69, 9.17) is 0 Å². The zero-order valence-electron chi connectivity index (χ0n) is 13.0. The normalized spacial score (nSPS) is 20.7. The Hall–Kier alpha value is -2.61. The third kappa shape index (κ3) is 3.58. The Morgan fingerprint density at radius 1 is 1.20 bits per heavy atom. The highest BCUT2D eigenvalue weighted by Gasteiger charge is 2.37. The summed E-state index contributed by atoms with van der Waals surface area (Å²) in [6.45, 7) is -0.0172. The second-order valence-corrected chi connectivity index (χ2v) is 5.91. The van der Waals surface area contributed by atoms with E-state index in [2.05, 4.69) is 4.98 Å². The molecule has 0 spiro atoms. The van der Waals surface area contributed by atoms with E-state index in [1.165, 1.54) is 35.2 Å². The van der Waals surface area contributed by atoms with Crippen LogP contribution in [0.15, 0.2) is 47.3 Å². The number of benzene rings is 1. The summed E-state index contributed by atoms with van der Waals surface area (Å²) in [6, 6.07) is 8.08. The molecule has 1 aliphatic heterocycles. The average molecular weight is 352 g/mol. The Kier molecular flexibility index (Phi) is 4.38. The third-order valence-corrected chi connectivity index (χ3v) is 4.14. The third-order valence-electron chi connectivity index (χ3n) is 4.14. The van der Waals surface area contributed by atoms with Crippen LogP contribution in [0.5, 0.6) is 0 Å². The maximum absolute atomic E-state index is 12.9. The van der Waals surface area contributed by atoms with Crippen molar-refractivity contribution in [3.63, 3.8) is 0 Å². The number of nitrogens with one attached hydrogen (secondary N) is 1. The van der Waals surface area contributed by atoms with Gasteiger partial charge in [-0.05, 0) is 30.2 Å². The van der Waals surface area contributed by atoms with Crippen LogP contribution in [0, 0.1) is 0 Å². The van der Waals surface area contributed by atoms with Gasteiger partial charge in [-0.1, -0.05) is 18.2 Å². The number of likely N-dealkylation sites (tertiary alicyclic amines) is 1. The number of carbonyl (C=O) groups excluding carboxylic acids is 1. The lowest BCUT2D eigenvalue weighted by Crippen LogP contribution is -2.33. The number of aromatic nitrogens is 1. The summed E-state index contributed by atoms with van der Waals surface area (Å²) in [5.74, 6) is -0.545. The van der Waals surface area contributed by atoms with Crippen molar-refractivity contribution < 1.29 is 23.1 Å². The lowest BCUT2D eigenvalue weighted by atomic mass is 10.0. The molecule has 132 valence electrons. The van der Waals surface area contributed by atoms with Gasteiger partial charge >= 0.3 is 6.18 Å². The van der Waals surface area contributed by atoms with Gasteiger partial charge in [0.15, 0.2) is 0 Å². The molecule has 2 N–H and O–H groups in total. The van der Waals surface area contributed by atoms with Crippen LogP contribution in [-0.2, 0) is 6.18 Å². The number of alkyl halides is 3. The molecule has 1 amide bonds. The Labute approximate surface area is 140 Å². The molecule has 0 radical (unpaired) electrons. The number of aliphatic hydroxyl groups excluding tert-OH is 1. The van der Waals surface area contributed by atoms with E-state index >= 15 is 0 Å². The Bertz CT molecular complexity index is 847. The number of H-pyrrole nitrogens is 1. The van der Waals surface area contributed by atoms with Crippen LogP contribution in [0.3, 0.4) is 0 Å². The Balaban J connectivity index is 1.95. The summed E-state index contributed by atoms with van der Waals surface area (Å²) < 4.78 is 38.8. The van der Waals surface area contributed by atoms with Crippen LogP contribution in [-0.4, -0.2) is 33.5 Å². The lowest BCUT2D eigenvalue weighted by molar-refractivity contribution is -0.137. The summed E-state index contributed by atoms with van der Waals surface area (Å²) in [7, 11) is 0. The zero-order chi connectivity index (χ0) is 18.2. The van der Waals surface area contributed by atoms with E-state index in [1.54, 1.807) is 0 Å². The molecular weight excluding hydrogens is 337 g/mol. The molecule has 1 aliphatic rings. The molecule has 2 atom stereocenters. The molecule has 8 heteroatoms. The highest BCUT2D eigenvalue weighted by molar-refractivity contribution is 5.92. The average Bonchev–Trinajstić information content (AvgIpc) is 2.95. The highest BCUT2D eigenvalue weighted by Crippen LogP contribution is 2.36. The van der Waals surface area contributed by atoms with Gasteiger partial charge in [0.05, 0.1) is 17.7 Å². The number of carbonyl (C=O) groups is 1. The summed E-state index contributed by atoms with van der Waals surface area (Å²) in [6.07, 6.45) is -5.21. The Morgan fingerprint density at radius 2 is 1.92 bits per heavy atom. The summed E-state index contributed by atoms with van der Waals surface area (Å²) in [4.78, 5) is 27.7. The van der Waals surface area contributed by atoms with Gasteiger partial charge in [-0.25, -0.2) is 0 Å². The van der Waals surface area contributed by atoms with Gasteiger partial charge in [0.25, 0.3) is 5.91 Å². The monoisotopic (exact) mass is 352 g/mol. The van der Waals surface area contributed by atoms with Crippen molar-refractivity contribution >= 4 is 5.91 Å². The molecule has 3 rings (SSSR count). The first kappa shape index (κ1) is 17.2. The lowest BCUT2D eigenvalue weighted by Gasteiger charge is -2.25. The van der Waals surface area contributed by atoms with Crippen molar-refractivity contribution in [1.82, 2.24) is 9.88 Å². The molecule has 0 aliphatic carbocycles. The van der Waals surface area contributed by atoms with Crippen LogP contribution in [0.2, 0.25) is 0 Å². The number of amides is 1. The van der Waals surface area contributed by atoms with Gasteiger partial charge in [-0.2, -0.15) is 13.2 Å². The molecule has 1 saturated heterocycles. The fourth-order valence-corrected chi connectivity index (χ4v) is 3.00. The van der Waals surface area contributed by atoms with Crippen molar-refractivity contribution in [1.29, 1.82) is 0 Å². The van der Waals surface area contributed by atoms with E-state index in [9.17, 15) is 27.9 Å². The number of halogens is 3. The SMILES string of the molecule is O=C(c1cccc(=O)[nH]1)N1C[C@@H](O)C[C@@H]1c1cccc(C(F)(F)F)c1. The summed E-state index contributed by atoms with van der Waals surface area (Å²) >= 11 is 0. The molecule has 2 heterocycles. The van der Waals surface area contributed by atoms with Crippen molar-refractivity contribution in [2.45, 2.75) is 24.7 Å². The molecule has 0 bridgehead atoms. The second-order valence-electron chi connectivity index (χ2n) is 5.91. The first-order chi connectivity index (χ1) is 11.8. The van der Waals surface area contributed by atoms with Gasteiger partial charge in [0, 0.05) is 12.6 Å². The first-order valence-corrected chi connectivity index (χ1v) is 7.61. The largest absolute Gasteiger partial charge is 0.416 e. The number of β-amino-alcohol motifs (C(OH)–C–C–N with tert-alkyl or cyclic N) is 1. The predicted octanol–water partition coefficient (Wildman–Crippen LogP) is 2.34. The maximum atomic E-state index is 12.9. The van der Waals surface area contributed by atoms with Crippen LogP contribution >= 0.6 is 0 Å². The number of hydrogen-bond acceptors (Lipinski definition) is 3. The van der Waals surface area contributed by atoms with Crippen molar-refractivity contribution in [2.75, 3.05) is 6.54 Å². The zero-order valence-corrected chi connectivity index (χ0v) is 13.0. The molecule has 1 fully saturated rings. The molecule has 2 aromatic rings. The molecule has 0 unspecified atom stereocenters. The fourth-order valence-electron chi connectivity index (χ4n) is 3.00. The summed E-state index contributed by atoms with van der Waals surface area (Å²) in [5, 5.41) is 9.92. The molecule has 1 aromatic heterocycles.